The minimum absolute atomic E-state index is 0.258. The van der Waals surface area contributed by atoms with E-state index in [1.807, 2.05) is 0 Å². The quantitative estimate of drug-likeness (QED) is 0.750. The smallest absolute Gasteiger partial charge is 0.0459 e. The predicted octanol–water partition coefficient (Wildman–Crippen LogP) is 4.16. The zero-order chi connectivity index (χ0) is 11.1. The molecule has 0 aliphatic rings. The zero-order valence-corrected chi connectivity index (χ0v) is 10.0. The van der Waals surface area contributed by atoms with Crippen molar-refractivity contribution in [1.29, 1.82) is 0 Å². The molecule has 1 nitrogen and oxygen atoms in total. The second-order valence-electron chi connectivity index (χ2n) is 4.96. The van der Waals surface area contributed by atoms with Crippen molar-refractivity contribution in [2.75, 3.05) is 0 Å². The van der Waals surface area contributed by atoms with Crippen LogP contribution in [0.4, 0.5) is 0 Å². The van der Waals surface area contributed by atoms with E-state index in [2.05, 4.69) is 56.9 Å². The Morgan fingerprint density at radius 2 is 2.00 bits per heavy atom. The average molecular weight is 201 g/mol. The number of benzene rings is 1. The first-order valence-electron chi connectivity index (χ1n) is 5.63. The van der Waals surface area contributed by atoms with Crippen molar-refractivity contribution in [2.24, 2.45) is 0 Å². The fourth-order valence-corrected chi connectivity index (χ4v) is 2.08. The fourth-order valence-electron chi connectivity index (χ4n) is 2.08. The van der Waals surface area contributed by atoms with Crippen LogP contribution in [0.3, 0.4) is 0 Å². The molecule has 0 bridgehead atoms. The SMILES string of the molecule is CCC(C)(C)c1cccc2[nH]c(C)cc12. The van der Waals surface area contributed by atoms with Crippen LogP contribution in [0.2, 0.25) is 0 Å². The van der Waals surface area contributed by atoms with Gasteiger partial charge in [0.2, 0.25) is 0 Å². The third-order valence-corrected chi connectivity index (χ3v) is 3.41. The van der Waals surface area contributed by atoms with Gasteiger partial charge in [-0.3, -0.25) is 0 Å². The largest absolute Gasteiger partial charge is 0.359 e. The first-order valence-corrected chi connectivity index (χ1v) is 5.63. The summed E-state index contributed by atoms with van der Waals surface area (Å²) in [6, 6.07) is 8.80. The number of aryl methyl sites for hydroxylation is 1. The molecule has 1 N–H and O–H groups in total. The zero-order valence-electron chi connectivity index (χ0n) is 10.0. The Hall–Kier alpha value is -1.24. The molecule has 2 rings (SSSR count). The van der Waals surface area contributed by atoms with Crippen molar-refractivity contribution in [3.63, 3.8) is 0 Å². The van der Waals surface area contributed by atoms with E-state index in [0.29, 0.717) is 0 Å². The van der Waals surface area contributed by atoms with Crippen LogP contribution in [0.5, 0.6) is 0 Å². The van der Waals surface area contributed by atoms with Gasteiger partial charge in [-0.1, -0.05) is 32.9 Å². The Morgan fingerprint density at radius 3 is 2.67 bits per heavy atom. The van der Waals surface area contributed by atoms with Crippen LogP contribution in [0.1, 0.15) is 38.4 Å². The van der Waals surface area contributed by atoms with Gasteiger partial charge < -0.3 is 4.98 Å². The first kappa shape index (κ1) is 10.3. The second kappa shape index (κ2) is 3.41. The molecule has 1 heteroatoms. The molecule has 0 aliphatic carbocycles. The maximum Gasteiger partial charge on any atom is 0.0459 e. The van der Waals surface area contributed by atoms with Gasteiger partial charge in [0.15, 0.2) is 0 Å². The first-order chi connectivity index (χ1) is 7.04. The number of hydrogen-bond donors (Lipinski definition) is 1. The molecule has 0 amide bonds. The summed E-state index contributed by atoms with van der Waals surface area (Å²) in [6.45, 7) is 8.98. The van der Waals surface area contributed by atoms with Crippen molar-refractivity contribution in [3.05, 3.63) is 35.5 Å². The molecule has 1 aromatic carbocycles. The third-order valence-electron chi connectivity index (χ3n) is 3.41. The molecule has 0 aliphatic heterocycles. The summed E-state index contributed by atoms with van der Waals surface area (Å²) in [4.78, 5) is 3.40. The summed E-state index contributed by atoms with van der Waals surface area (Å²) < 4.78 is 0. The minimum atomic E-state index is 0.258. The highest BCUT2D eigenvalue weighted by molar-refractivity contribution is 5.84. The van der Waals surface area contributed by atoms with Crippen LogP contribution in [-0.4, -0.2) is 4.98 Å². The molecular weight excluding hydrogens is 182 g/mol. The topological polar surface area (TPSA) is 15.8 Å². The summed E-state index contributed by atoms with van der Waals surface area (Å²) in [5, 5.41) is 1.38. The number of rotatable bonds is 2. The fraction of sp³-hybridized carbons (Fsp3) is 0.429. The van der Waals surface area contributed by atoms with E-state index < -0.39 is 0 Å². The van der Waals surface area contributed by atoms with E-state index in [0.717, 1.165) is 6.42 Å². The van der Waals surface area contributed by atoms with Crippen molar-refractivity contribution in [2.45, 2.75) is 39.5 Å². The summed E-state index contributed by atoms with van der Waals surface area (Å²) in [5.41, 5.74) is 4.21. The lowest BCUT2D eigenvalue weighted by atomic mass is 9.80. The second-order valence-corrected chi connectivity index (χ2v) is 4.96. The van der Waals surface area contributed by atoms with Gasteiger partial charge in [-0.25, -0.2) is 0 Å². The average Bonchev–Trinajstić information content (AvgIpc) is 2.57. The monoisotopic (exact) mass is 201 g/mol. The molecule has 2 aromatic rings. The molecule has 0 saturated heterocycles. The van der Waals surface area contributed by atoms with Crippen LogP contribution in [-0.2, 0) is 5.41 Å². The molecular formula is C14H19N. The highest BCUT2D eigenvalue weighted by Crippen LogP contribution is 2.32. The number of aromatic nitrogens is 1. The van der Waals surface area contributed by atoms with Gasteiger partial charge >= 0.3 is 0 Å². The maximum atomic E-state index is 3.40. The molecule has 1 aromatic heterocycles. The van der Waals surface area contributed by atoms with Crippen LogP contribution >= 0.6 is 0 Å². The van der Waals surface area contributed by atoms with E-state index in [9.17, 15) is 0 Å². The van der Waals surface area contributed by atoms with Gasteiger partial charge in [-0.15, -0.1) is 0 Å². The normalized spacial score (nSPS) is 12.3. The van der Waals surface area contributed by atoms with Crippen molar-refractivity contribution >= 4 is 10.9 Å². The Labute approximate surface area is 91.5 Å². The number of hydrogen-bond acceptors (Lipinski definition) is 0. The van der Waals surface area contributed by atoms with E-state index in [-0.39, 0.29) is 5.41 Å². The lowest BCUT2D eigenvalue weighted by Gasteiger charge is -2.24. The number of H-pyrrole nitrogens is 1. The van der Waals surface area contributed by atoms with Crippen LogP contribution < -0.4 is 0 Å². The lowest BCUT2D eigenvalue weighted by molar-refractivity contribution is 0.511. The molecule has 80 valence electrons. The summed E-state index contributed by atoms with van der Waals surface area (Å²) in [6.07, 6.45) is 1.16. The highest BCUT2D eigenvalue weighted by Gasteiger charge is 2.20. The third kappa shape index (κ3) is 1.67. The van der Waals surface area contributed by atoms with Gasteiger partial charge in [0.1, 0.15) is 0 Å². The van der Waals surface area contributed by atoms with Gasteiger partial charge in [0.25, 0.3) is 0 Å². The molecule has 0 fully saturated rings. The summed E-state index contributed by atoms with van der Waals surface area (Å²) in [7, 11) is 0. The van der Waals surface area contributed by atoms with Gasteiger partial charge in [0.05, 0.1) is 0 Å². The molecule has 0 saturated carbocycles. The standard InChI is InChI=1S/C14H19N/c1-5-14(3,4)12-7-6-8-13-11(12)9-10(2)15-13/h6-9,15H,5H2,1-4H3. The Bertz CT molecular complexity index is 477. The molecule has 1 heterocycles. The molecule has 0 radical (unpaired) electrons. The van der Waals surface area contributed by atoms with Crippen LogP contribution in [0, 0.1) is 6.92 Å². The van der Waals surface area contributed by atoms with Crippen LogP contribution in [0.25, 0.3) is 10.9 Å². The molecule has 15 heavy (non-hydrogen) atoms. The summed E-state index contributed by atoms with van der Waals surface area (Å²) >= 11 is 0. The van der Waals surface area contributed by atoms with E-state index in [1.54, 1.807) is 0 Å². The number of aromatic amines is 1. The number of fused-ring (bicyclic) bond motifs is 1. The van der Waals surface area contributed by atoms with E-state index >= 15 is 0 Å². The lowest BCUT2D eigenvalue weighted by Crippen LogP contribution is -2.15. The van der Waals surface area contributed by atoms with Gasteiger partial charge in [0, 0.05) is 16.6 Å². The predicted molar refractivity (Wildman–Crippen MR) is 66.4 cm³/mol. The minimum Gasteiger partial charge on any atom is -0.359 e. The van der Waals surface area contributed by atoms with Gasteiger partial charge in [-0.2, -0.15) is 0 Å². The highest BCUT2D eigenvalue weighted by atomic mass is 14.7. The Morgan fingerprint density at radius 1 is 1.27 bits per heavy atom. The van der Waals surface area contributed by atoms with Crippen molar-refractivity contribution in [3.8, 4) is 0 Å². The number of nitrogens with one attached hydrogen (secondary N) is 1. The van der Waals surface area contributed by atoms with E-state index in [1.165, 1.54) is 22.2 Å². The van der Waals surface area contributed by atoms with E-state index in [4.69, 9.17) is 0 Å². The van der Waals surface area contributed by atoms with Crippen molar-refractivity contribution < 1.29 is 0 Å². The van der Waals surface area contributed by atoms with Gasteiger partial charge in [-0.05, 0) is 36.5 Å². The Kier molecular flexibility index (Phi) is 2.34. The molecule has 0 spiro atoms. The molecule has 0 atom stereocenters. The molecule has 0 unspecified atom stereocenters. The van der Waals surface area contributed by atoms with Crippen LogP contribution in [0.15, 0.2) is 24.3 Å². The Balaban J connectivity index is 2.70. The summed E-state index contributed by atoms with van der Waals surface area (Å²) in [5.74, 6) is 0. The maximum absolute atomic E-state index is 3.40. The van der Waals surface area contributed by atoms with Crippen molar-refractivity contribution in [1.82, 2.24) is 4.98 Å².